The highest BCUT2D eigenvalue weighted by molar-refractivity contribution is 7.89. The minimum atomic E-state index is -3.82. The first kappa shape index (κ1) is 20.3. The van der Waals surface area contributed by atoms with Crippen LogP contribution < -0.4 is 10.5 Å². The van der Waals surface area contributed by atoms with Crippen LogP contribution in [0.3, 0.4) is 0 Å². The number of thiophene rings is 1. The Balaban J connectivity index is 0.00000400. The van der Waals surface area contributed by atoms with Gasteiger partial charge < -0.3 is 10.5 Å². The van der Waals surface area contributed by atoms with Crippen LogP contribution in [0.5, 0.6) is 0 Å². The Bertz CT molecular complexity index is 559. The van der Waals surface area contributed by atoms with E-state index in [4.69, 9.17) is 5.73 Å². The van der Waals surface area contributed by atoms with Gasteiger partial charge in [-0.2, -0.15) is 0 Å². The molecule has 0 atom stereocenters. The summed E-state index contributed by atoms with van der Waals surface area (Å²) in [7, 11) is -2.60. The van der Waals surface area contributed by atoms with Crippen LogP contribution >= 0.6 is 23.7 Å². The summed E-state index contributed by atoms with van der Waals surface area (Å²) in [6, 6.07) is 1.39. The fourth-order valence-corrected chi connectivity index (χ4v) is 4.71. The number of halogens is 1. The third kappa shape index (κ3) is 4.40. The van der Waals surface area contributed by atoms with Crippen molar-refractivity contribution in [2.24, 2.45) is 5.73 Å². The van der Waals surface area contributed by atoms with Crippen LogP contribution in [-0.2, 0) is 14.8 Å². The van der Waals surface area contributed by atoms with Gasteiger partial charge in [0, 0.05) is 12.1 Å². The fraction of sp³-hybridized carbons (Fsp3) is 0.583. The maximum atomic E-state index is 12.5. The minimum absolute atomic E-state index is 0. The number of rotatable bonds is 7. The maximum Gasteiger partial charge on any atom is 0.349 e. The number of carbonyl (C=O) groups is 1. The third-order valence-electron chi connectivity index (χ3n) is 3.38. The van der Waals surface area contributed by atoms with Crippen LogP contribution in [0.2, 0.25) is 0 Å². The lowest BCUT2D eigenvalue weighted by Crippen LogP contribution is -2.52. The summed E-state index contributed by atoms with van der Waals surface area (Å²) >= 11 is 1.03. The molecule has 0 amide bonds. The van der Waals surface area contributed by atoms with Gasteiger partial charge in [0.15, 0.2) is 0 Å². The number of nitrogens with one attached hydrogen (secondary N) is 1. The highest BCUT2D eigenvalue weighted by atomic mass is 35.5. The van der Waals surface area contributed by atoms with E-state index in [2.05, 4.69) is 9.46 Å². The summed E-state index contributed by atoms with van der Waals surface area (Å²) in [6.45, 7) is 3.93. The van der Waals surface area contributed by atoms with Crippen molar-refractivity contribution in [3.05, 3.63) is 16.3 Å². The Morgan fingerprint density at radius 3 is 2.43 bits per heavy atom. The lowest BCUT2D eigenvalue weighted by atomic mass is 9.95. The molecule has 21 heavy (non-hydrogen) atoms. The number of nitrogens with two attached hydrogens (primary N) is 1. The van der Waals surface area contributed by atoms with E-state index in [1.807, 2.05) is 13.8 Å². The smallest absolute Gasteiger partial charge is 0.349 e. The molecule has 122 valence electrons. The number of hydrogen-bond acceptors (Lipinski definition) is 6. The molecule has 1 heterocycles. The zero-order chi connectivity index (χ0) is 15.4. The second-order valence-corrected chi connectivity index (χ2v) is 6.97. The van der Waals surface area contributed by atoms with E-state index in [9.17, 15) is 13.2 Å². The molecule has 0 aliphatic rings. The quantitative estimate of drug-likeness (QED) is 0.725. The van der Waals surface area contributed by atoms with Gasteiger partial charge in [0.05, 0.1) is 7.11 Å². The van der Waals surface area contributed by atoms with Gasteiger partial charge in [-0.1, -0.05) is 13.8 Å². The number of hydrogen-bond donors (Lipinski definition) is 2. The van der Waals surface area contributed by atoms with E-state index in [0.717, 1.165) is 11.3 Å². The molecule has 3 N–H and O–H groups in total. The zero-order valence-corrected chi connectivity index (χ0v) is 14.7. The van der Waals surface area contributed by atoms with Crippen molar-refractivity contribution in [3.8, 4) is 0 Å². The largest absolute Gasteiger partial charge is 0.465 e. The van der Waals surface area contributed by atoms with Crippen LogP contribution in [0.1, 0.15) is 36.4 Å². The van der Waals surface area contributed by atoms with Gasteiger partial charge in [0.25, 0.3) is 0 Å². The maximum absolute atomic E-state index is 12.5. The predicted molar refractivity (Wildman–Crippen MR) is 85.6 cm³/mol. The summed E-state index contributed by atoms with van der Waals surface area (Å²) in [4.78, 5) is 11.6. The normalized spacial score (nSPS) is 11.8. The number of methoxy groups -OCH3 is 1. The molecule has 0 unspecified atom stereocenters. The monoisotopic (exact) mass is 356 g/mol. The molecule has 0 aromatic carbocycles. The van der Waals surface area contributed by atoms with E-state index in [-0.39, 0.29) is 28.7 Å². The van der Waals surface area contributed by atoms with Gasteiger partial charge in [0.2, 0.25) is 10.0 Å². The second kappa shape index (κ2) is 8.09. The Morgan fingerprint density at radius 2 is 2.00 bits per heavy atom. The van der Waals surface area contributed by atoms with Crippen LogP contribution in [0.15, 0.2) is 16.3 Å². The number of esters is 1. The molecule has 0 spiro atoms. The van der Waals surface area contributed by atoms with Crippen molar-refractivity contribution in [1.29, 1.82) is 0 Å². The Kier molecular flexibility index (Phi) is 7.83. The second-order valence-electron chi connectivity index (χ2n) is 4.40. The first-order chi connectivity index (χ1) is 9.35. The molecule has 0 aliphatic carbocycles. The Hall–Kier alpha value is -0.670. The molecule has 6 nitrogen and oxygen atoms in total. The van der Waals surface area contributed by atoms with Gasteiger partial charge in [-0.15, -0.1) is 23.7 Å². The molecule has 1 aromatic heterocycles. The molecule has 1 aromatic rings. The van der Waals surface area contributed by atoms with Gasteiger partial charge in [-0.3, -0.25) is 0 Å². The van der Waals surface area contributed by atoms with Crippen LogP contribution in [0.4, 0.5) is 0 Å². The topological polar surface area (TPSA) is 98.5 Å². The predicted octanol–water partition coefficient (Wildman–Crippen LogP) is 1.75. The van der Waals surface area contributed by atoms with Crippen molar-refractivity contribution in [2.75, 3.05) is 13.7 Å². The summed E-state index contributed by atoms with van der Waals surface area (Å²) in [5.41, 5.74) is 5.00. The third-order valence-corrected chi connectivity index (χ3v) is 6.03. The molecule has 1 rings (SSSR count). The molecular weight excluding hydrogens is 336 g/mol. The van der Waals surface area contributed by atoms with Crippen molar-refractivity contribution in [1.82, 2.24) is 4.72 Å². The first-order valence-corrected chi connectivity index (χ1v) is 8.62. The van der Waals surface area contributed by atoms with Crippen LogP contribution in [-0.4, -0.2) is 33.6 Å². The van der Waals surface area contributed by atoms with Crippen LogP contribution in [0.25, 0.3) is 0 Å². The molecule has 0 fully saturated rings. The molecule has 0 aliphatic heterocycles. The molecule has 0 saturated heterocycles. The highest BCUT2D eigenvalue weighted by Gasteiger charge is 2.33. The summed E-state index contributed by atoms with van der Waals surface area (Å²) in [5, 5.41) is 1.54. The fourth-order valence-electron chi connectivity index (χ4n) is 1.82. The van der Waals surface area contributed by atoms with Crippen LogP contribution in [0, 0.1) is 0 Å². The Morgan fingerprint density at radius 1 is 1.43 bits per heavy atom. The highest BCUT2D eigenvalue weighted by Crippen LogP contribution is 2.25. The number of carbonyl (C=O) groups excluding carboxylic acids is 1. The van der Waals surface area contributed by atoms with E-state index in [1.54, 1.807) is 5.38 Å². The van der Waals surface area contributed by atoms with E-state index >= 15 is 0 Å². The van der Waals surface area contributed by atoms with E-state index in [1.165, 1.54) is 13.2 Å². The lowest BCUT2D eigenvalue weighted by Gasteiger charge is -2.30. The summed E-state index contributed by atoms with van der Waals surface area (Å²) < 4.78 is 32.1. The number of ether oxygens (including phenoxy) is 1. The first-order valence-electron chi connectivity index (χ1n) is 6.25. The average molecular weight is 357 g/mol. The van der Waals surface area contributed by atoms with Crippen molar-refractivity contribution in [3.63, 3.8) is 0 Å². The number of sulfonamides is 1. The summed E-state index contributed by atoms with van der Waals surface area (Å²) in [5.74, 6) is -0.660. The van der Waals surface area contributed by atoms with Crippen molar-refractivity contribution < 1.29 is 17.9 Å². The van der Waals surface area contributed by atoms with Gasteiger partial charge in [-0.25, -0.2) is 17.9 Å². The SMILES string of the molecule is CCC(CC)(CN)NS(=O)(=O)c1ccsc1C(=O)OC.Cl. The average Bonchev–Trinajstić information content (AvgIpc) is 2.94. The van der Waals surface area contributed by atoms with Gasteiger partial charge in [-0.05, 0) is 24.3 Å². The van der Waals surface area contributed by atoms with Gasteiger partial charge >= 0.3 is 5.97 Å². The Labute approximate surface area is 135 Å². The molecule has 9 heteroatoms. The molecule has 0 saturated carbocycles. The van der Waals surface area contributed by atoms with E-state index in [0.29, 0.717) is 12.8 Å². The molecular formula is C12H21ClN2O4S2. The summed E-state index contributed by atoms with van der Waals surface area (Å²) in [6.07, 6.45) is 1.13. The standard InChI is InChI=1S/C12H20N2O4S2.ClH/c1-4-12(5-2,8-13)14-20(16,17)9-6-7-19-10(9)11(15)18-3;/h6-7,14H,4-5,8,13H2,1-3H3;1H. The van der Waals surface area contributed by atoms with Crippen molar-refractivity contribution in [2.45, 2.75) is 37.1 Å². The van der Waals surface area contributed by atoms with E-state index < -0.39 is 21.5 Å². The van der Waals surface area contributed by atoms with Gasteiger partial charge in [0.1, 0.15) is 9.77 Å². The zero-order valence-electron chi connectivity index (χ0n) is 12.2. The lowest BCUT2D eigenvalue weighted by molar-refractivity contribution is 0.0602. The van der Waals surface area contributed by atoms with Crippen molar-refractivity contribution >= 4 is 39.7 Å². The molecule has 0 radical (unpaired) electrons. The molecule has 0 bridgehead atoms. The minimum Gasteiger partial charge on any atom is -0.465 e.